The molecule has 3 nitrogen and oxygen atoms in total. The highest BCUT2D eigenvalue weighted by molar-refractivity contribution is 7.05. The predicted octanol–water partition coefficient (Wildman–Crippen LogP) is 1.21. The quantitative estimate of drug-likeness (QED) is 0.740. The van der Waals surface area contributed by atoms with Gasteiger partial charge in [-0.1, -0.05) is 17.8 Å². The summed E-state index contributed by atoms with van der Waals surface area (Å²) in [4.78, 5) is 1.27. The van der Waals surface area contributed by atoms with Crippen molar-refractivity contribution in [2.24, 2.45) is 0 Å². The van der Waals surface area contributed by atoms with Crippen molar-refractivity contribution in [3.8, 4) is 0 Å². The van der Waals surface area contributed by atoms with Gasteiger partial charge in [0, 0.05) is 6.54 Å². The fourth-order valence-corrected chi connectivity index (χ4v) is 1.64. The maximum absolute atomic E-state index is 4.05. The van der Waals surface area contributed by atoms with E-state index in [1.807, 2.05) is 7.05 Å². The lowest BCUT2D eigenvalue weighted by atomic mass is 10.2. The van der Waals surface area contributed by atoms with Gasteiger partial charge in [0.2, 0.25) is 0 Å². The van der Waals surface area contributed by atoms with E-state index in [1.165, 1.54) is 16.4 Å². The molecule has 0 fully saturated rings. The minimum absolute atomic E-state index is 0.896. The Labute approximate surface area is 71.0 Å². The lowest BCUT2D eigenvalue weighted by molar-refractivity contribution is 0.793. The summed E-state index contributed by atoms with van der Waals surface area (Å²) in [6, 6.07) is 0. The number of aromatic nitrogens is 2. The van der Waals surface area contributed by atoms with Crippen LogP contribution in [-0.4, -0.2) is 16.6 Å². The average molecular weight is 171 g/mol. The molecule has 1 aromatic heterocycles. The Bertz CT molecular complexity index is 189. The van der Waals surface area contributed by atoms with Crippen molar-refractivity contribution >= 4 is 11.5 Å². The van der Waals surface area contributed by atoms with Crippen LogP contribution in [0.3, 0.4) is 0 Å². The van der Waals surface area contributed by atoms with Gasteiger partial charge in [-0.25, -0.2) is 0 Å². The van der Waals surface area contributed by atoms with Gasteiger partial charge in [-0.2, -0.15) is 0 Å². The number of nitrogens with one attached hydrogen (secondary N) is 1. The van der Waals surface area contributed by atoms with E-state index in [0.29, 0.717) is 0 Å². The maximum Gasteiger partial charge on any atom is 0.0800 e. The second kappa shape index (κ2) is 4.41. The number of hydrogen-bond donors (Lipinski definition) is 1. The summed E-state index contributed by atoms with van der Waals surface area (Å²) < 4.78 is 3.91. The normalized spacial score (nSPS) is 10.4. The average Bonchev–Trinajstić information content (AvgIpc) is 2.39. The Morgan fingerprint density at radius 1 is 1.55 bits per heavy atom. The third-order valence-electron chi connectivity index (χ3n) is 1.46. The van der Waals surface area contributed by atoms with E-state index in [1.54, 1.807) is 0 Å². The molecule has 1 rings (SSSR count). The van der Waals surface area contributed by atoms with Crippen LogP contribution in [0.4, 0.5) is 0 Å². The van der Waals surface area contributed by atoms with Crippen molar-refractivity contribution in [1.82, 2.24) is 14.9 Å². The number of rotatable bonds is 4. The Morgan fingerprint density at radius 3 is 3.00 bits per heavy atom. The van der Waals surface area contributed by atoms with Gasteiger partial charge in [0.25, 0.3) is 0 Å². The molecule has 4 heteroatoms. The number of hydrogen-bond acceptors (Lipinski definition) is 4. The molecule has 0 amide bonds. The highest BCUT2D eigenvalue weighted by Gasteiger charge is 2.04. The molecule has 0 aliphatic carbocycles. The molecular weight excluding hydrogens is 158 g/mol. The largest absolute Gasteiger partial charge is 0.315 e. The fourth-order valence-electron chi connectivity index (χ4n) is 0.949. The first-order valence-electron chi connectivity index (χ1n) is 3.83. The molecule has 1 heterocycles. The summed E-state index contributed by atoms with van der Waals surface area (Å²) in [5, 5.41) is 7.15. The summed E-state index contributed by atoms with van der Waals surface area (Å²) in [6.45, 7) is 3.05. The van der Waals surface area contributed by atoms with E-state index in [0.717, 1.165) is 25.1 Å². The topological polar surface area (TPSA) is 37.8 Å². The zero-order valence-electron chi connectivity index (χ0n) is 6.92. The van der Waals surface area contributed by atoms with E-state index >= 15 is 0 Å². The van der Waals surface area contributed by atoms with Crippen molar-refractivity contribution in [2.75, 3.05) is 7.05 Å². The Balaban J connectivity index is 2.62. The van der Waals surface area contributed by atoms with Crippen LogP contribution in [0, 0.1) is 0 Å². The maximum atomic E-state index is 4.05. The van der Waals surface area contributed by atoms with Gasteiger partial charge in [0.1, 0.15) is 0 Å². The molecule has 0 aliphatic heterocycles. The van der Waals surface area contributed by atoms with Crippen LogP contribution in [0.2, 0.25) is 0 Å². The fraction of sp³-hybridized carbons (Fsp3) is 0.714. The van der Waals surface area contributed by atoms with Crippen LogP contribution in [0.1, 0.15) is 23.9 Å². The molecule has 11 heavy (non-hydrogen) atoms. The van der Waals surface area contributed by atoms with Gasteiger partial charge >= 0.3 is 0 Å². The molecule has 0 aliphatic rings. The monoisotopic (exact) mass is 171 g/mol. The second-order valence-corrected chi connectivity index (χ2v) is 3.26. The molecule has 0 radical (unpaired) electrons. The zero-order chi connectivity index (χ0) is 8.10. The second-order valence-electron chi connectivity index (χ2n) is 2.42. The Kier molecular flexibility index (Phi) is 3.45. The van der Waals surface area contributed by atoms with Crippen LogP contribution in [0.25, 0.3) is 0 Å². The van der Waals surface area contributed by atoms with Gasteiger partial charge in [0.05, 0.1) is 10.6 Å². The van der Waals surface area contributed by atoms with Crippen LogP contribution in [0.5, 0.6) is 0 Å². The van der Waals surface area contributed by atoms with Crippen molar-refractivity contribution in [3.05, 3.63) is 10.6 Å². The Morgan fingerprint density at radius 2 is 2.36 bits per heavy atom. The summed E-state index contributed by atoms with van der Waals surface area (Å²) in [5.41, 5.74) is 1.16. The highest BCUT2D eigenvalue weighted by Crippen LogP contribution is 2.11. The SMILES string of the molecule is CCCc1nnsc1CNC. The zero-order valence-corrected chi connectivity index (χ0v) is 7.74. The molecule has 0 saturated heterocycles. The minimum atomic E-state index is 0.896. The minimum Gasteiger partial charge on any atom is -0.315 e. The van der Waals surface area contributed by atoms with E-state index < -0.39 is 0 Å². The van der Waals surface area contributed by atoms with Gasteiger partial charge in [-0.3, -0.25) is 0 Å². The summed E-state index contributed by atoms with van der Waals surface area (Å²) in [6.07, 6.45) is 2.19. The molecule has 0 spiro atoms. The first kappa shape index (κ1) is 8.62. The number of nitrogens with zero attached hydrogens (tertiary/aromatic N) is 2. The first-order valence-corrected chi connectivity index (χ1v) is 4.60. The molecule has 0 aromatic carbocycles. The predicted molar refractivity (Wildman–Crippen MR) is 46.7 cm³/mol. The van der Waals surface area contributed by atoms with Gasteiger partial charge in [0.15, 0.2) is 0 Å². The van der Waals surface area contributed by atoms with Gasteiger partial charge in [-0.05, 0) is 25.0 Å². The third-order valence-corrected chi connectivity index (χ3v) is 2.22. The molecule has 62 valence electrons. The van der Waals surface area contributed by atoms with Crippen LogP contribution >= 0.6 is 11.5 Å². The van der Waals surface area contributed by atoms with Crippen LogP contribution in [-0.2, 0) is 13.0 Å². The lowest BCUT2D eigenvalue weighted by Gasteiger charge is -1.96. The summed E-state index contributed by atoms with van der Waals surface area (Å²) in [5.74, 6) is 0. The highest BCUT2D eigenvalue weighted by atomic mass is 32.1. The van der Waals surface area contributed by atoms with Gasteiger partial charge in [-0.15, -0.1) is 5.10 Å². The van der Waals surface area contributed by atoms with Crippen molar-refractivity contribution in [3.63, 3.8) is 0 Å². The summed E-state index contributed by atoms with van der Waals surface area (Å²) >= 11 is 1.49. The molecule has 1 aromatic rings. The van der Waals surface area contributed by atoms with Crippen molar-refractivity contribution in [2.45, 2.75) is 26.3 Å². The van der Waals surface area contributed by atoms with Crippen molar-refractivity contribution < 1.29 is 0 Å². The third kappa shape index (κ3) is 2.24. The Hall–Kier alpha value is -0.480. The van der Waals surface area contributed by atoms with Gasteiger partial charge < -0.3 is 5.32 Å². The molecule has 0 atom stereocenters. The van der Waals surface area contributed by atoms with Crippen LogP contribution in [0.15, 0.2) is 0 Å². The lowest BCUT2D eigenvalue weighted by Crippen LogP contribution is -2.05. The molecular formula is C7H13N3S. The first-order chi connectivity index (χ1) is 5.38. The van der Waals surface area contributed by atoms with E-state index in [-0.39, 0.29) is 0 Å². The molecule has 0 bridgehead atoms. The molecule has 1 N–H and O–H groups in total. The van der Waals surface area contributed by atoms with Crippen molar-refractivity contribution in [1.29, 1.82) is 0 Å². The molecule has 0 unspecified atom stereocenters. The molecule has 0 saturated carbocycles. The number of aryl methyl sites for hydroxylation is 1. The smallest absolute Gasteiger partial charge is 0.0800 e. The summed E-state index contributed by atoms with van der Waals surface area (Å²) in [7, 11) is 1.94. The van der Waals surface area contributed by atoms with Crippen LogP contribution < -0.4 is 5.32 Å². The van der Waals surface area contributed by atoms with E-state index in [2.05, 4.69) is 21.8 Å². The van der Waals surface area contributed by atoms with E-state index in [4.69, 9.17) is 0 Å². The standard InChI is InChI=1S/C7H13N3S/c1-3-4-6-7(5-8-2)11-10-9-6/h8H,3-5H2,1-2H3. The van der Waals surface area contributed by atoms with E-state index in [9.17, 15) is 0 Å².